The van der Waals surface area contributed by atoms with E-state index >= 15 is 0 Å². The molecule has 1 amide bonds. The van der Waals surface area contributed by atoms with E-state index in [-0.39, 0.29) is 29.0 Å². The van der Waals surface area contributed by atoms with Crippen molar-refractivity contribution in [3.63, 3.8) is 0 Å². The summed E-state index contributed by atoms with van der Waals surface area (Å²) in [6.45, 7) is 1.87. The highest BCUT2D eigenvalue weighted by Gasteiger charge is 2.17. The second-order valence-electron chi connectivity index (χ2n) is 5.08. The Kier molecular flexibility index (Phi) is 5.33. The van der Waals surface area contributed by atoms with Crippen molar-refractivity contribution in [1.82, 2.24) is 5.32 Å². The van der Waals surface area contributed by atoms with E-state index in [1.807, 2.05) is 37.3 Å². The van der Waals surface area contributed by atoms with Crippen molar-refractivity contribution in [1.29, 1.82) is 0 Å². The Morgan fingerprint density at radius 1 is 1.00 bits per heavy atom. The second kappa shape index (κ2) is 7.22. The number of carbonyl (C=O) groups is 1. The maximum Gasteiger partial charge on any atom is 0.221 e. The normalized spacial score (nSPS) is 12.6. The largest absolute Gasteiger partial charge is 0.350 e. The quantitative estimate of drug-likeness (QED) is 0.891. The molecule has 0 aliphatic rings. The first-order chi connectivity index (χ1) is 10.5. The summed E-state index contributed by atoms with van der Waals surface area (Å²) in [5.41, 5.74) is 0.988. The van der Waals surface area contributed by atoms with Gasteiger partial charge < -0.3 is 5.32 Å². The number of hydrogen-bond donors (Lipinski definition) is 1. The van der Waals surface area contributed by atoms with Crippen LogP contribution in [0.5, 0.6) is 0 Å². The Labute approximate surface area is 131 Å². The Morgan fingerprint density at radius 3 is 2.14 bits per heavy atom. The Balaban J connectivity index is 1.91. The molecule has 1 N–H and O–H groups in total. The Hall–Kier alpha value is -2.14. The first kappa shape index (κ1) is 16.2. The lowest BCUT2D eigenvalue weighted by Crippen LogP contribution is -2.28. The highest BCUT2D eigenvalue weighted by atomic mass is 32.2. The van der Waals surface area contributed by atoms with Crippen LogP contribution in [0.25, 0.3) is 0 Å². The van der Waals surface area contributed by atoms with Crippen LogP contribution in [0.3, 0.4) is 0 Å². The SMILES string of the molecule is C[C@@H](NC(=O)CCS(=O)(=O)c1ccccc1)c1ccccc1. The topological polar surface area (TPSA) is 63.2 Å². The van der Waals surface area contributed by atoms with Gasteiger partial charge in [0.05, 0.1) is 16.7 Å². The molecule has 0 bridgehead atoms. The molecule has 4 nitrogen and oxygen atoms in total. The zero-order valence-electron chi connectivity index (χ0n) is 12.4. The lowest BCUT2D eigenvalue weighted by Gasteiger charge is -2.14. The van der Waals surface area contributed by atoms with Gasteiger partial charge in [-0.25, -0.2) is 8.42 Å². The van der Waals surface area contributed by atoms with Crippen LogP contribution in [0.1, 0.15) is 24.9 Å². The van der Waals surface area contributed by atoms with E-state index in [1.54, 1.807) is 30.3 Å². The predicted molar refractivity (Wildman–Crippen MR) is 86.1 cm³/mol. The van der Waals surface area contributed by atoms with E-state index in [1.165, 1.54) is 0 Å². The van der Waals surface area contributed by atoms with Gasteiger partial charge in [0.25, 0.3) is 0 Å². The molecule has 2 aromatic rings. The van der Waals surface area contributed by atoms with Crippen LogP contribution >= 0.6 is 0 Å². The maximum absolute atomic E-state index is 12.1. The van der Waals surface area contributed by atoms with Gasteiger partial charge in [-0.05, 0) is 24.6 Å². The van der Waals surface area contributed by atoms with Crippen molar-refractivity contribution in [2.45, 2.75) is 24.3 Å². The van der Waals surface area contributed by atoms with Gasteiger partial charge in [0.2, 0.25) is 5.91 Å². The fourth-order valence-corrected chi connectivity index (χ4v) is 3.37. The molecule has 0 saturated heterocycles. The van der Waals surface area contributed by atoms with Crippen LogP contribution in [0.4, 0.5) is 0 Å². The number of carbonyl (C=O) groups excluding carboxylic acids is 1. The molecule has 2 aromatic carbocycles. The molecule has 0 unspecified atom stereocenters. The maximum atomic E-state index is 12.1. The van der Waals surface area contributed by atoms with E-state index in [9.17, 15) is 13.2 Å². The molecule has 0 aliphatic carbocycles. The van der Waals surface area contributed by atoms with Gasteiger partial charge in [0.1, 0.15) is 0 Å². The minimum absolute atomic E-state index is 0.0472. The molecule has 0 heterocycles. The van der Waals surface area contributed by atoms with Gasteiger partial charge >= 0.3 is 0 Å². The first-order valence-electron chi connectivity index (χ1n) is 7.11. The van der Waals surface area contributed by atoms with Crippen molar-refractivity contribution in [3.8, 4) is 0 Å². The molecular formula is C17H19NO3S. The number of hydrogen-bond acceptors (Lipinski definition) is 3. The molecule has 0 aromatic heterocycles. The van der Waals surface area contributed by atoms with Crippen LogP contribution in [-0.2, 0) is 14.6 Å². The van der Waals surface area contributed by atoms with Crippen molar-refractivity contribution in [2.75, 3.05) is 5.75 Å². The van der Waals surface area contributed by atoms with Gasteiger partial charge in [-0.2, -0.15) is 0 Å². The molecule has 5 heteroatoms. The van der Waals surface area contributed by atoms with Crippen molar-refractivity contribution in [3.05, 3.63) is 66.2 Å². The molecule has 0 saturated carbocycles. The summed E-state index contributed by atoms with van der Waals surface area (Å²) in [5, 5.41) is 2.82. The molecule has 2 rings (SSSR count). The van der Waals surface area contributed by atoms with Gasteiger partial charge in [0, 0.05) is 6.42 Å². The summed E-state index contributed by atoms with van der Waals surface area (Å²) in [7, 11) is -3.42. The van der Waals surface area contributed by atoms with E-state index in [0.29, 0.717) is 0 Å². The van der Waals surface area contributed by atoms with Gasteiger partial charge in [-0.3, -0.25) is 4.79 Å². The number of rotatable bonds is 6. The third-order valence-corrected chi connectivity index (χ3v) is 5.11. The molecule has 116 valence electrons. The van der Waals surface area contributed by atoms with Crippen LogP contribution in [0.2, 0.25) is 0 Å². The minimum Gasteiger partial charge on any atom is -0.350 e. The molecular weight excluding hydrogens is 298 g/mol. The van der Waals surface area contributed by atoms with Crippen molar-refractivity contribution in [2.24, 2.45) is 0 Å². The lowest BCUT2D eigenvalue weighted by molar-refractivity contribution is -0.121. The van der Waals surface area contributed by atoms with Crippen molar-refractivity contribution >= 4 is 15.7 Å². The average molecular weight is 317 g/mol. The Morgan fingerprint density at radius 2 is 1.55 bits per heavy atom. The molecule has 0 aliphatic heterocycles. The van der Waals surface area contributed by atoms with Crippen LogP contribution in [-0.4, -0.2) is 20.1 Å². The lowest BCUT2D eigenvalue weighted by atomic mass is 10.1. The molecule has 0 radical (unpaired) electrons. The van der Waals surface area contributed by atoms with Gasteiger partial charge in [0.15, 0.2) is 9.84 Å². The second-order valence-corrected chi connectivity index (χ2v) is 7.19. The number of amides is 1. The van der Waals surface area contributed by atoms with Crippen molar-refractivity contribution < 1.29 is 13.2 Å². The first-order valence-corrected chi connectivity index (χ1v) is 8.76. The van der Waals surface area contributed by atoms with E-state index in [0.717, 1.165) is 5.56 Å². The fourth-order valence-electron chi connectivity index (χ4n) is 2.11. The third kappa shape index (κ3) is 4.43. The summed E-state index contributed by atoms with van der Waals surface area (Å²) >= 11 is 0. The number of nitrogens with one attached hydrogen (secondary N) is 1. The average Bonchev–Trinajstić information content (AvgIpc) is 2.55. The van der Waals surface area contributed by atoms with E-state index in [2.05, 4.69) is 5.32 Å². The van der Waals surface area contributed by atoms with Crippen LogP contribution < -0.4 is 5.32 Å². The smallest absolute Gasteiger partial charge is 0.221 e. The zero-order valence-corrected chi connectivity index (χ0v) is 13.2. The van der Waals surface area contributed by atoms with E-state index in [4.69, 9.17) is 0 Å². The number of benzene rings is 2. The summed E-state index contributed by atoms with van der Waals surface area (Å²) < 4.78 is 24.2. The highest BCUT2D eigenvalue weighted by Crippen LogP contribution is 2.13. The van der Waals surface area contributed by atoms with Gasteiger partial charge in [-0.1, -0.05) is 48.5 Å². The Bertz CT molecular complexity index is 712. The molecule has 22 heavy (non-hydrogen) atoms. The van der Waals surface area contributed by atoms with Crippen LogP contribution in [0.15, 0.2) is 65.6 Å². The summed E-state index contributed by atoms with van der Waals surface area (Å²) in [6.07, 6.45) is -0.0472. The monoisotopic (exact) mass is 317 g/mol. The molecule has 0 spiro atoms. The number of sulfone groups is 1. The third-order valence-electron chi connectivity index (χ3n) is 3.38. The van der Waals surface area contributed by atoms with Gasteiger partial charge in [-0.15, -0.1) is 0 Å². The minimum atomic E-state index is -3.42. The van der Waals surface area contributed by atoms with Crippen LogP contribution in [0, 0.1) is 0 Å². The predicted octanol–water partition coefficient (Wildman–Crippen LogP) is 2.73. The zero-order chi connectivity index (χ0) is 16.0. The standard InChI is InChI=1S/C17H19NO3S/c1-14(15-8-4-2-5-9-15)18-17(19)12-13-22(20,21)16-10-6-3-7-11-16/h2-11,14H,12-13H2,1H3,(H,18,19)/t14-/m1/s1. The summed E-state index contributed by atoms with van der Waals surface area (Å²) in [4.78, 5) is 12.2. The summed E-state index contributed by atoms with van der Waals surface area (Å²) in [5.74, 6) is -0.458. The fraction of sp³-hybridized carbons (Fsp3) is 0.235. The summed E-state index contributed by atoms with van der Waals surface area (Å²) in [6, 6.07) is 17.6. The highest BCUT2D eigenvalue weighted by molar-refractivity contribution is 7.91. The molecule has 1 atom stereocenters. The molecule has 0 fully saturated rings. The van der Waals surface area contributed by atoms with E-state index < -0.39 is 9.84 Å².